The summed E-state index contributed by atoms with van der Waals surface area (Å²) < 4.78 is 13.0. The van der Waals surface area contributed by atoms with E-state index in [2.05, 4.69) is 53.1 Å². The maximum absolute atomic E-state index is 13.2. The number of nitrogens with zero attached hydrogens (tertiary/aromatic N) is 5. The fourth-order valence-corrected chi connectivity index (χ4v) is 5.41. The smallest absolute Gasteiger partial charge is 0.252 e. The summed E-state index contributed by atoms with van der Waals surface area (Å²) in [7, 11) is 0. The normalized spacial score (nSPS) is 17.4. The zero-order valence-electron chi connectivity index (χ0n) is 21.2. The Hall–Kier alpha value is -2.94. The third kappa shape index (κ3) is 4.53. The maximum Gasteiger partial charge on any atom is 0.252 e. The second-order valence-corrected chi connectivity index (χ2v) is 10.4. The van der Waals surface area contributed by atoms with Crippen LogP contribution in [-0.4, -0.2) is 42.9 Å². The van der Waals surface area contributed by atoms with E-state index < -0.39 is 0 Å². The first kappa shape index (κ1) is 23.8. The van der Waals surface area contributed by atoms with Crippen LogP contribution in [0.15, 0.2) is 23.0 Å². The predicted molar refractivity (Wildman–Crippen MR) is 134 cm³/mol. The number of pyridine rings is 1. The highest BCUT2D eigenvalue weighted by molar-refractivity contribution is 5.83. The molecule has 1 aliphatic heterocycles. The molecule has 188 valence electrons. The maximum atomic E-state index is 13.2. The largest absolute Gasteiger partial charge is 0.454 e. The molecule has 0 amide bonds. The molecule has 0 bridgehead atoms. The predicted octanol–water partition coefficient (Wildman–Crippen LogP) is 4.67. The highest BCUT2D eigenvalue weighted by Gasteiger charge is 2.34. The first-order valence-corrected chi connectivity index (χ1v) is 12.9. The Morgan fingerprint density at radius 2 is 1.89 bits per heavy atom. The molecule has 2 aliphatic rings. The van der Waals surface area contributed by atoms with Crippen LogP contribution < -0.4 is 15.0 Å². The molecule has 9 nitrogen and oxygen atoms in total. The number of rotatable bonds is 8. The van der Waals surface area contributed by atoms with Crippen LogP contribution in [0.25, 0.3) is 10.9 Å². The number of ether oxygens (including phenoxy) is 2. The summed E-state index contributed by atoms with van der Waals surface area (Å²) in [4.78, 5) is 18.8. The SMILES string of the molecule is CCC(c1nnnn1C(C)(C)CC)N(Cc1cc2cc3c(cc2[nH]c1=O)OCO3)C1CCCCC1. The fourth-order valence-electron chi connectivity index (χ4n) is 5.41. The third-order valence-electron chi connectivity index (χ3n) is 7.83. The molecule has 1 saturated carbocycles. The monoisotopic (exact) mass is 480 g/mol. The number of nitrogens with one attached hydrogen (secondary N) is 1. The Labute approximate surface area is 205 Å². The van der Waals surface area contributed by atoms with Crippen LogP contribution in [0.2, 0.25) is 0 Å². The molecule has 5 rings (SSSR count). The van der Waals surface area contributed by atoms with E-state index in [0.717, 1.165) is 48.0 Å². The fraction of sp³-hybridized carbons (Fsp3) is 0.615. The molecule has 2 aromatic heterocycles. The van der Waals surface area contributed by atoms with Crippen molar-refractivity contribution in [2.24, 2.45) is 0 Å². The first-order chi connectivity index (χ1) is 16.9. The Morgan fingerprint density at radius 3 is 2.60 bits per heavy atom. The van der Waals surface area contributed by atoms with Gasteiger partial charge in [-0.15, -0.1) is 5.10 Å². The van der Waals surface area contributed by atoms with Crippen molar-refractivity contribution in [3.05, 3.63) is 39.9 Å². The molecule has 1 aromatic carbocycles. The molecule has 3 aromatic rings. The zero-order valence-corrected chi connectivity index (χ0v) is 21.2. The minimum atomic E-state index is -0.187. The van der Waals surface area contributed by atoms with Crippen molar-refractivity contribution in [1.82, 2.24) is 30.1 Å². The number of H-pyrrole nitrogens is 1. The molecule has 35 heavy (non-hydrogen) atoms. The van der Waals surface area contributed by atoms with Crippen molar-refractivity contribution in [3.8, 4) is 11.5 Å². The van der Waals surface area contributed by atoms with Crippen LogP contribution in [-0.2, 0) is 12.1 Å². The van der Waals surface area contributed by atoms with Crippen LogP contribution in [0.1, 0.15) is 90.1 Å². The lowest BCUT2D eigenvalue weighted by Gasteiger charge is -2.40. The van der Waals surface area contributed by atoms with E-state index in [0.29, 0.717) is 24.1 Å². The van der Waals surface area contributed by atoms with Gasteiger partial charge in [-0.25, -0.2) is 4.68 Å². The minimum absolute atomic E-state index is 0.0192. The number of fused-ring (bicyclic) bond motifs is 2. The van der Waals surface area contributed by atoms with Crippen LogP contribution in [0, 0.1) is 0 Å². The van der Waals surface area contributed by atoms with E-state index in [1.807, 2.05) is 22.9 Å². The summed E-state index contributed by atoms with van der Waals surface area (Å²) in [6.45, 7) is 9.43. The number of tetrazole rings is 1. The summed E-state index contributed by atoms with van der Waals surface area (Å²) in [5.41, 5.74) is 1.25. The van der Waals surface area contributed by atoms with Gasteiger partial charge in [0.25, 0.3) is 5.56 Å². The number of hydrogen-bond donors (Lipinski definition) is 1. The van der Waals surface area contributed by atoms with Gasteiger partial charge in [-0.3, -0.25) is 9.69 Å². The average Bonchev–Trinajstić information content (AvgIpc) is 3.53. The van der Waals surface area contributed by atoms with Gasteiger partial charge in [0.15, 0.2) is 17.3 Å². The Balaban J connectivity index is 1.54. The average molecular weight is 481 g/mol. The summed E-state index contributed by atoms with van der Waals surface area (Å²) in [5, 5.41) is 13.9. The topological polar surface area (TPSA) is 98.2 Å². The number of aromatic amines is 1. The van der Waals surface area contributed by atoms with Crippen molar-refractivity contribution < 1.29 is 9.47 Å². The van der Waals surface area contributed by atoms with Gasteiger partial charge in [0.05, 0.1) is 17.1 Å². The molecule has 1 aliphatic carbocycles. The molecular weight excluding hydrogens is 444 g/mol. The highest BCUT2D eigenvalue weighted by Crippen LogP contribution is 2.37. The van der Waals surface area contributed by atoms with Gasteiger partial charge < -0.3 is 14.5 Å². The van der Waals surface area contributed by atoms with E-state index >= 15 is 0 Å². The molecular formula is C26H36N6O3. The Bertz CT molecular complexity index is 1240. The molecule has 0 spiro atoms. The molecule has 1 fully saturated rings. The lowest BCUT2D eigenvalue weighted by molar-refractivity contribution is 0.0801. The van der Waals surface area contributed by atoms with E-state index in [1.54, 1.807) is 0 Å². The Kier molecular flexibility index (Phi) is 6.53. The third-order valence-corrected chi connectivity index (χ3v) is 7.83. The molecule has 1 N–H and O–H groups in total. The summed E-state index contributed by atoms with van der Waals surface area (Å²) in [5.74, 6) is 2.26. The molecule has 9 heteroatoms. The lowest BCUT2D eigenvalue weighted by atomic mass is 9.91. The second kappa shape index (κ2) is 9.60. The molecule has 0 radical (unpaired) electrons. The second-order valence-electron chi connectivity index (χ2n) is 10.4. The Morgan fingerprint density at radius 1 is 1.14 bits per heavy atom. The standard InChI is InChI=1S/C26H36N6O3/c1-5-21(24-28-29-30-32(24)26(3,4)6-2)31(19-10-8-7-9-11-19)15-18-12-17-13-22-23(35-16-34-22)14-20(17)27-25(18)33/h12-14,19,21H,5-11,15-16H2,1-4H3,(H,27,33). The molecule has 0 saturated heterocycles. The minimum Gasteiger partial charge on any atom is -0.454 e. The van der Waals surface area contributed by atoms with Crippen LogP contribution in [0.3, 0.4) is 0 Å². The van der Waals surface area contributed by atoms with E-state index in [9.17, 15) is 4.79 Å². The van der Waals surface area contributed by atoms with Crippen LogP contribution in [0.4, 0.5) is 0 Å². The first-order valence-electron chi connectivity index (χ1n) is 12.9. The van der Waals surface area contributed by atoms with Crippen molar-refractivity contribution in [2.75, 3.05) is 6.79 Å². The van der Waals surface area contributed by atoms with Crippen molar-refractivity contribution >= 4 is 10.9 Å². The lowest BCUT2D eigenvalue weighted by Crippen LogP contribution is -2.42. The zero-order chi connectivity index (χ0) is 24.6. The van der Waals surface area contributed by atoms with Gasteiger partial charge in [-0.05, 0) is 62.1 Å². The van der Waals surface area contributed by atoms with Crippen molar-refractivity contribution in [2.45, 2.75) is 96.8 Å². The van der Waals surface area contributed by atoms with E-state index in [-0.39, 0.29) is 23.9 Å². The van der Waals surface area contributed by atoms with Gasteiger partial charge in [0, 0.05) is 29.6 Å². The van der Waals surface area contributed by atoms with E-state index in [1.165, 1.54) is 19.3 Å². The number of aromatic nitrogens is 5. The van der Waals surface area contributed by atoms with Gasteiger partial charge in [0.2, 0.25) is 6.79 Å². The summed E-state index contributed by atoms with van der Waals surface area (Å²) in [6.07, 6.45) is 7.72. The van der Waals surface area contributed by atoms with Gasteiger partial charge in [0.1, 0.15) is 0 Å². The van der Waals surface area contributed by atoms with Crippen molar-refractivity contribution in [3.63, 3.8) is 0 Å². The number of hydrogen-bond acceptors (Lipinski definition) is 7. The molecule has 1 atom stereocenters. The molecule has 1 unspecified atom stereocenters. The van der Waals surface area contributed by atoms with Crippen molar-refractivity contribution in [1.29, 1.82) is 0 Å². The van der Waals surface area contributed by atoms with Gasteiger partial charge in [-0.1, -0.05) is 33.1 Å². The number of benzene rings is 1. The quantitative estimate of drug-likeness (QED) is 0.500. The van der Waals surface area contributed by atoms with Gasteiger partial charge in [-0.2, -0.15) is 0 Å². The van der Waals surface area contributed by atoms with Gasteiger partial charge >= 0.3 is 0 Å². The summed E-state index contributed by atoms with van der Waals surface area (Å²) in [6, 6.07) is 6.19. The summed E-state index contributed by atoms with van der Waals surface area (Å²) >= 11 is 0. The van der Waals surface area contributed by atoms with Crippen LogP contribution in [0.5, 0.6) is 11.5 Å². The van der Waals surface area contributed by atoms with E-state index in [4.69, 9.17) is 9.47 Å². The van der Waals surface area contributed by atoms with Crippen LogP contribution >= 0.6 is 0 Å². The molecule has 3 heterocycles. The highest BCUT2D eigenvalue weighted by atomic mass is 16.7.